The number of carboxylic acid groups (broad SMARTS) is 1. The van der Waals surface area contributed by atoms with E-state index in [1.807, 2.05) is 13.8 Å². The number of aromatic carboxylic acids is 1. The van der Waals surface area contributed by atoms with Crippen molar-refractivity contribution in [2.45, 2.75) is 32.8 Å². The van der Waals surface area contributed by atoms with Crippen molar-refractivity contribution in [2.75, 3.05) is 0 Å². The zero-order valence-electron chi connectivity index (χ0n) is 13.0. The molecule has 0 spiro atoms. The van der Waals surface area contributed by atoms with Gasteiger partial charge in [0.1, 0.15) is 5.60 Å². The van der Waals surface area contributed by atoms with Crippen LogP contribution in [0.1, 0.15) is 43.1 Å². The molecule has 1 aliphatic rings. The summed E-state index contributed by atoms with van der Waals surface area (Å²) >= 11 is 0. The van der Waals surface area contributed by atoms with Gasteiger partial charge in [0.2, 0.25) is 0 Å². The zero-order chi connectivity index (χ0) is 16.5. The molecule has 4 nitrogen and oxygen atoms in total. The van der Waals surface area contributed by atoms with Gasteiger partial charge in [-0.2, -0.15) is 0 Å². The van der Waals surface area contributed by atoms with E-state index in [1.165, 1.54) is 12.1 Å². The predicted molar refractivity (Wildman–Crippen MR) is 84.5 cm³/mol. The van der Waals surface area contributed by atoms with Gasteiger partial charge in [-0.1, -0.05) is 38.1 Å². The second-order valence-electron chi connectivity index (χ2n) is 6.35. The molecule has 1 atom stereocenters. The van der Waals surface area contributed by atoms with E-state index in [9.17, 15) is 19.8 Å². The molecule has 2 rings (SSSR count). The molecular formula is C18H20O4. The van der Waals surface area contributed by atoms with Gasteiger partial charge in [0.25, 0.3) is 0 Å². The van der Waals surface area contributed by atoms with Crippen LogP contribution in [0.2, 0.25) is 0 Å². The van der Waals surface area contributed by atoms with Crippen molar-refractivity contribution in [1.82, 2.24) is 0 Å². The maximum atomic E-state index is 11.7. The first-order valence-electron chi connectivity index (χ1n) is 7.13. The number of carboxylic acids is 1. The largest absolute Gasteiger partial charge is 0.478 e. The van der Waals surface area contributed by atoms with Crippen LogP contribution in [0.25, 0.3) is 6.08 Å². The van der Waals surface area contributed by atoms with Crippen LogP contribution in [0.4, 0.5) is 0 Å². The minimum Gasteiger partial charge on any atom is -0.478 e. The van der Waals surface area contributed by atoms with Gasteiger partial charge in [-0.25, -0.2) is 4.79 Å². The molecule has 2 N–H and O–H groups in total. The van der Waals surface area contributed by atoms with Crippen molar-refractivity contribution in [3.63, 3.8) is 0 Å². The van der Waals surface area contributed by atoms with Crippen LogP contribution < -0.4 is 0 Å². The van der Waals surface area contributed by atoms with Crippen LogP contribution in [0.3, 0.4) is 0 Å². The van der Waals surface area contributed by atoms with Gasteiger partial charge >= 0.3 is 5.97 Å². The maximum Gasteiger partial charge on any atom is 0.336 e. The third kappa shape index (κ3) is 2.74. The number of ketones is 1. The molecule has 4 heteroatoms. The van der Waals surface area contributed by atoms with Gasteiger partial charge in [0, 0.05) is 11.8 Å². The first kappa shape index (κ1) is 16.2. The van der Waals surface area contributed by atoms with Gasteiger partial charge in [0.05, 0.1) is 5.56 Å². The second kappa shape index (κ2) is 5.54. The van der Waals surface area contributed by atoms with E-state index in [-0.39, 0.29) is 17.8 Å². The van der Waals surface area contributed by atoms with Crippen molar-refractivity contribution in [2.24, 2.45) is 5.41 Å². The smallest absolute Gasteiger partial charge is 0.336 e. The molecule has 0 saturated carbocycles. The fraction of sp³-hybridized carbons (Fsp3) is 0.333. The maximum absolute atomic E-state index is 11.7. The molecule has 1 aromatic carbocycles. The monoisotopic (exact) mass is 300 g/mol. The summed E-state index contributed by atoms with van der Waals surface area (Å²) in [5, 5.41) is 20.2. The molecule has 0 fully saturated rings. The second-order valence-corrected chi connectivity index (χ2v) is 6.35. The molecule has 0 saturated heterocycles. The van der Waals surface area contributed by atoms with E-state index in [4.69, 9.17) is 0 Å². The fourth-order valence-electron chi connectivity index (χ4n) is 2.91. The third-order valence-corrected chi connectivity index (χ3v) is 4.32. The van der Waals surface area contributed by atoms with E-state index in [0.717, 1.165) is 0 Å². The minimum absolute atomic E-state index is 0.00786. The summed E-state index contributed by atoms with van der Waals surface area (Å²) < 4.78 is 0. The lowest BCUT2D eigenvalue weighted by atomic mass is 9.64. The molecule has 1 aromatic rings. The highest BCUT2D eigenvalue weighted by atomic mass is 16.4. The van der Waals surface area contributed by atoms with E-state index in [2.05, 4.69) is 0 Å². The number of carbonyl (C=O) groups is 2. The van der Waals surface area contributed by atoms with E-state index in [1.54, 1.807) is 37.3 Å². The van der Waals surface area contributed by atoms with Gasteiger partial charge < -0.3 is 10.2 Å². The summed E-state index contributed by atoms with van der Waals surface area (Å²) in [6, 6.07) is 6.60. The number of benzene rings is 1. The number of aliphatic hydroxyl groups is 1. The summed E-state index contributed by atoms with van der Waals surface area (Å²) in [6.07, 6.45) is 4.90. The minimum atomic E-state index is -1.29. The SMILES string of the molecule is CC1=CC(=O)CC(C)(C)C1(O)C=Cc1ccccc1C(=O)O. The molecule has 0 bridgehead atoms. The molecule has 1 aliphatic carbocycles. The highest BCUT2D eigenvalue weighted by Crippen LogP contribution is 2.44. The Morgan fingerprint density at radius 1 is 1.27 bits per heavy atom. The summed E-state index contributed by atoms with van der Waals surface area (Å²) in [6.45, 7) is 5.37. The molecule has 0 aliphatic heterocycles. The lowest BCUT2D eigenvalue weighted by molar-refractivity contribution is -0.121. The number of rotatable bonds is 3. The lowest BCUT2D eigenvalue weighted by Gasteiger charge is -2.44. The Balaban J connectivity index is 2.47. The van der Waals surface area contributed by atoms with E-state index in [0.29, 0.717) is 11.1 Å². The van der Waals surface area contributed by atoms with Crippen molar-refractivity contribution < 1.29 is 19.8 Å². The summed E-state index contributed by atoms with van der Waals surface area (Å²) in [7, 11) is 0. The zero-order valence-corrected chi connectivity index (χ0v) is 13.0. The summed E-state index contributed by atoms with van der Waals surface area (Å²) in [4.78, 5) is 22.9. The van der Waals surface area contributed by atoms with Crippen LogP contribution in [0.15, 0.2) is 42.0 Å². The molecule has 22 heavy (non-hydrogen) atoms. The molecule has 1 unspecified atom stereocenters. The van der Waals surface area contributed by atoms with Gasteiger partial charge in [-0.3, -0.25) is 4.79 Å². The van der Waals surface area contributed by atoms with Crippen LogP contribution in [0, 0.1) is 5.41 Å². The predicted octanol–water partition coefficient (Wildman–Crippen LogP) is 3.07. The van der Waals surface area contributed by atoms with Crippen LogP contribution in [-0.2, 0) is 4.79 Å². The summed E-state index contributed by atoms with van der Waals surface area (Å²) in [5.74, 6) is -1.02. The quantitative estimate of drug-likeness (QED) is 0.899. The van der Waals surface area contributed by atoms with Crippen molar-refractivity contribution in [3.8, 4) is 0 Å². The third-order valence-electron chi connectivity index (χ3n) is 4.32. The lowest BCUT2D eigenvalue weighted by Crippen LogP contribution is -2.47. The normalized spacial score (nSPS) is 24.4. The van der Waals surface area contributed by atoms with Crippen molar-refractivity contribution in [3.05, 3.63) is 53.1 Å². The molecule has 116 valence electrons. The molecular weight excluding hydrogens is 280 g/mol. The average Bonchev–Trinajstić information content (AvgIpc) is 2.42. The Bertz CT molecular complexity index is 682. The number of hydrogen-bond donors (Lipinski definition) is 2. The van der Waals surface area contributed by atoms with Crippen molar-refractivity contribution >= 4 is 17.8 Å². The van der Waals surface area contributed by atoms with Gasteiger partial charge in [-0.05, 0) is 36.3 Å². The Morgan fingerprint density at radius 2 is 1.91 bits per heavy atom. The number of carbonyl (C=O) groups excluding carboxylic acids is 1. The topological polar surface area (TPSA) is 74.6 Å². The van der Waals surface area contributed by atoms with E-state index >= 15 is 0 Å². The van der Waals surface area contributed by atoms with Crippen LogP contribution in [0.5, 0.6) is 0 Å². The molecule has 0 heterocycles. The molecule has 0 amide bonds. The van der Waals surface area contributed by atoms with Gasteiger partial charge in [-0.15, -0.1) is 0 Å². The molecule has 0 aromatic heterocycles. The van der Waals surface area contributed by atoms with Crippen molar-refractivity contribution in [1.29, 1.82) is 0 Å². The summed E-state index contributed by atoms with van der Waals surface area (Å²) in [5.41, 5.74) is -0.681. The van der Waals surface area contributed by atoms with Crippen LogP contribution >= 0.6 is 0 Å². The Labute approximate surface area is 129 Å². The standard InChI is InChI=1S/C18H20O4/c1-12-10-14(19)11-17(2,3)18(12,22)9-8-13-6-4-5-7-15(13)16(20)21/h4-10,22H,11H2,1-3H3,(H,20,21). The first-order valence-corrected chi connectivity index (χ1v) is 7.13. The average molecular weight is 300 g/mol. The Kier molecular flexibility index (Phi) is 4.07. The molecule has 0 radical (unpaired) electrons. The number of allylic oxidation sites excluding steroid dienone is 1. The highest BCUT2D eigenvalue weighted by Gasteiger charge is 2.46. The first-order chi connectivity index (χ1) is 10.2. The Morgan fingerprint density at radius 3 is 2.50 bits per heavy atom. The fourth-order valence-corrected chi connectivity index (χ4v) is 2.91. The highest BCUT2D eigenvalue weighted by molar-refractivity contribution is 5.93. The van der Waals surface area contributed by atoms with E-state index < -0.39 is 17.0 Å². The van der Waals surface area contributed by atoms with Crippen LogP contribution in [-0.4, -0.2) is 27.6 Å². The van der Waals surface area contributed by atoms with Gasteiger partial charge in [0.15, 0.2) is 5.78 Å². The number of hydrogen-bond acceptors (Lipinski definition) is 3. The Hall–Kier alpha value is -2.20.